The Morgan fingerprint density at radius 2 is 1.89 bits per heavy atom. The number of ether oxygens (including phenoxy) is 2. The monoisotopic (exact) mass is 392 g/mol. The molecule has 1 aromatic heterocycles. The zero-order chi connectivity index (χ0) is 19.3. The summed E-state index contributed by atoms with van der Waals surface area (Å²) in [5.41, 5.74) is 0. The van der Waals surface area contributed by atoms with E-state index in [0.717, 1.165) is 31.7 Å². The van der Waals surface area contributed by atoms with Crippen LogP contribution in [0.4, 0.5) is 5.82 Å². The highest BCUT2D eigenvalue weighted by molar-refractivity contribution is 7.89. The number of nitrogens with one attached hydrogen (secondary N) is 1. The van der Waals surface area contributed by atoms with Crippen molar-refractivity contribution in [2.45, 2.75) is 30.7 Å². The minimum Gasteiger partial charge on any atom is -0.497 e. The van der Waals surface area contributed by atoms with Gasteiger partial charge in [0.05, 0.1) is 20.8 Å². The molecular weight excluding hydrogens is 368 g/mol. The maximum atomic E-state index is 12.7. The predicted octanol–water partition coefficient (Wildman–Crippen LogP) is 1.96. The number of methoxy groups -OCH3 is 2. The molecule has 1 aromatic carbocycles. The Morgan fingerprint density at radius 3 is 2.59 bits per heavy atom. The molecule has 146 valence electrons. The molecule has 2 aromatic rings. The van der Waals surface area contributed by atoms with Crippen LogP contribution < -0.4 is 19.1 Å². The van der Waals surface area contributed by atoms with Crippen molar-refractivity contribution in [2.75, 3.05) is 32.2 Å². The first-order valence-electron chi connectivity index (χ1n) is 8.82. The Kier molecular flexibility index (Phi) is 6.12. The summed E-state index contributed by atoms with van der Waals surface area (Å²) in [6.07, 6.45) is 5.18. The van der Waals surface area contributed by atoms with E-state index in [0.29, 0.717) is 11.6 Å². The van der Waals surface area contributed by atoms with E-state index in [1.165, 1.54) is 32.8 Å². The van der Waals surface area contributed by atoms with Crippen LogP contribution in [0.15, 0.2) is 35.4 Å². The second kappa shape index (κ2) is 8.53. The van der Waals surface area contributed by atoms with Crippen LogP contribution in [0.2, 0.25) is 0 Å². The van der Waals surface area contributed by atoms with Crippen molar-refractivity contribution in [3.8, 4) is 11.5 Å². The van der Waals surface area contributed by atoms with Gasteiger partial charge in [0, 0.05) is 25.4 Å². The quantitative estimate of drug-likeness (QED) is 0.770. The molecule has 9 heteroatoms. The van der Waals surface area contributed by atoms with Gasteiger partial charge < -0.3 is 14.4 Å². The maximum Gasteiger partial charge on any atom is 0.244 e. The summed E-state index contributed by atoms with van der Waals surface area (Å²) in [6, 6.07) is 6.41. The van der Waals surface area contributed by atoms with E-state index in [-0.39, 0.29) is 17.2 Å². The molecule has 0 unspecified atom stereocenters. The zero-order valence-electron chi connectivity index (χ0n) is 15.5. The first kappa shape index (κ1) is 19.4. The smallest absolute Gasteiger partial charge is 0.244 e. The number of aromatic nitrogens is 2. The van der Waals surface area contributed by atoms with Crippen LogP contribution in [0.25, 0.3) is 0 Å². The molecule has 1 fully saturated rings. The number of anilines is 1. The van der Waals surface area contributed by atoms with E-state index >= 15 is 0 Å². The van der Waals surface area contributed by atoms with E-state index in [9.17, 15) is 8.42 Å². The second-order valence-corrected chi connectivity index (χ2v) is 7.96. The number of rotatable bonds is 7. The van der Waals surface area contributed by atoms with Gasteiger partial charge >= 0.3 is 0 Å². The number of hydrogen-bond acceptors (Lipinski definition) is 7. The molecule has 0 spiro atoms. The molecule has 27 heavy (non-hydrogen) atoms. The Hall–Kier alpha value is -2.39. The Balaban J connectivity index is 1.74. The molecule has 1 N–H and O–H groups in total. The molecule has 1 saturated heterocycles. The van der Waals surface area contributed by atoms with Gasteiger partial charge in [-0.2, -0.15) is 0 Å². The van der Waals surface area contributed by atoms with Crippen molar-refractivity contribution in [3.63, 3.8) is 0 Å². The highest BCUT2D eigenvalue weighted by Gasteiger charge is 2.21. The summed E-state index contributed by atoms with van der Waals surface area (Å²) in [5, 5.41) is 0. The predicted molar refractivity (Wildman–Crippen MR) is 102 cm³/mol. The third kappa shape index (κ3) is 4.67. The van der Waals surface area contributed by atoms with Gasteiger partial charge in [-0.3, -0.25) is 0 Å². The molecule has 3 rings (SSSR count). The molecule has 8 nitrogen and oxygen atoms in total. The fourth-order valence-electron chi connectivity index (χ4n) is 3.01. The highest BCUT2D eigenvalue weighted by atomic mass is 32.2. The van der Waals surface area contributed by atoms with Crippen molar-refractivity contribution < 1.29 is 17.9 Å². The summed E-state index contributed by atoms with van der Waals surface area (Å²) in [7, 11) is -0.865. The molecule has 2 heterocycles. The van der Waals surface area contributed by atoms with Crippen molar-refractivity contribution in [3.05, 3.63) is 36.3 Å². The molecule has 0 aliphatic carbocycles. The van der Waals surface area contributed by atoms with Crippen molar-refractivity contribution in [2.24, 2.45) is 0 Å². The minimum absolute atomic E-state index is 0.000797. The van der Waals surface area contributed by atoms with Gasteiger partial charge in [-0.25, -0.2) is 23.1 Å². The summed E-state index contributed by atoms with van der Waals surface area (Å²) >= 11 is 0. The molecular formula is C18H24N4O4S. The van der Waals surface area contributed by atoms with Crippen LogP contribution in [0.5, 0.6) is 11.5 Å². The molecule has 0 bridgehead atoms. The Bertz CT molecular complexity index is 883. The lowest BCUT2D eigenvalue weighted by Crippen LogP contribution is -2.31. The van der Waals surface area contributed by atoms with Crippen molar-refractivity contribution >= 4 is 15.8 Å². The first-order valence-corrected chi connectivity index (χ1v) is 10.3. The number of piperidine rings is 1. The first-order chi connectivity index (χ1) is 13.0. The van der Waals surface area contributed by atoms with Gasteiger partial charge in [0.2, 0.25) is 10.0 Å². The number of sulfonamides is 1. The van der Waals surface area contributed by atoms with Gasteiger partial charge in [-0.1, -0.05) is 0 Å². The minimum atomic E-state index is -3.79. The van der Waals surface area contributed by atoms with E-state index in [1.807, 2.05) is 6.07 Å². The third-order valence-electron chi connectivity index (χ3n) is 4.45. The third-order valence-corrected chi connectivity index (χ3v) is 5.89. The van der Waals surface area contributed by atoms with E-state index in [4.69, 9.17) is 9.47 Å². The highest BCUT2D eigenvalue weighted by Crippen LogP contribution is 2.28. The molecule has 1 aliphatic rings. The molecule has 1 aliphatic heterocycles. The summed E-state index contributed by atoms with van der Waals surface area (Å²) in [5.74, 6) is 1.99. The van der Waals surface area contributed by atoms with Crippen molar-refractivity contribution in [1.29, 1.82) is 0 Å². The van der Waals surface area contributed by atoms with E-state index in [2.05, 4.69) is 19.6 Å². The van der Waals surface area contributed by atoms with Gasteiger partial charge in [0.25, 0.3) is 0 Å². The van der Waals surface area contributed by atoms with E-state index in [1.54, 1.807) is 12.3 Å². The number of benzene rings is 1. The van der Waals surface area contributed by atoms with Crippen LogP contribution in [0.1, 0.15) is 25.1 Å². The number of hydrogen-bond donors (Lipinski definition) is 1. The van der Waals surface area contributed by atoms with Crippen LogP contribution in [0, 0.1) is 0 Å². The maximum absolute atomic E-state index is 12.7. The van der Waals surface area contributed by atoms with Gasteiger partial charge in [-0.15, -0.1) is 0 Å². The van der Waals surface area contributed by atoms with Crippen LogP contribution in [-0.2, 0) is 16.6 Å². The lowest BCUT2D eigenvalue weighted by atomic mass is 10.1. The lowest BCUT2D eigenvalue weighted by molar-refractivity contribution is 0.386. The SMILES string of the molecule is COc1ccc(S(=O)(=O)NCc2nccc(N3CCCCC3)n2)c(OC)c1. The average molecular weight is 392 g/mol. The van der Waals surface area contributed by atoms with Gasteiger partial charge in [0.1, 0.15) is 28.0 Å². The second-order valence-electron chi connectivity index (χ2n) is 6.22. The Morgan fingerprint density at radius 1 is 1.11 bits per heavy atom. The zero-order valence-corrected chi connectivity index (χ0v) is 16.3. The lowest BCUT2D eigenvalue weighted by Gasteiger charge is -2.27. The summed E-state index contributed by atoms with van der Waals surface area (Å²) in [4.78, 5) is 10.9. The number of nitrogens with zero attached hydrogens (tertiary/aromatic N) is 3. The standard InChI is InChI=1S/C18H24N4O4S/c1-25-14-6-7-16(15(12-14)26-2)27(23,24)20-13-17-19-9-8-18(21-17)22-10-4-3-5-11-22/h6-9,12,20H,3-5,10-11,13H2,1-2H3. The normalized spacial score (nSPS) is 14.8. The fourth-order valence-corrected chi connectivity index (χ4v) is 4.14. The molecule has 0 saturated carbocycles. The average Bonchev–Trinajstić information content (AvgIpc) is 2.72. The molecule has 0 atom stereocenters. The topological polar surface area (TPSA) is 93.7 Å². The molecule has 0 radical (unpaired) electrons. The Labute approximate surface area is 159 Å². The van der Waals surface area contributed by atoms with Crippen LogP contribution in [-0.4, -0.2) is 45.7 Å². The summed E-state index contributed by atoms with van der Waals surface area (Å²) < 4.78 is 38.2. The van der Waals surface area contributed by atoms with Crippen LogP contribution >= 0.6 is 0 Å². The van der Waals surface area contributed by atoms with Gasteiger partial charge in [0.15, 0.2) is 0 Å². The summed E-state index contributed by atoms with van der Waals surface area (Å²) in [6.45, 7) is 1.93. The molecule has 0 amide bonds. The van der Waals surface area contributed by atoms with Crippen LogP contribution in [0.3, 0.4) is 0 Å². The largest absolute Gasteiger partial charge is 0.497 e. The van der Waals surface area contributed by atoms with Crippen molar-refractivity contribution in [1.82, 2.24) is 14.7 Å². The fraction of sp³-hybridized carbons (Fsp3) is 0.444. The van der Waals surface area contributed by atoms with E-state index < -0.39 is 10.0 Å². The van der Waals surface area contributed by atoms with Gasteiger partial charge in [-0.05, 0) is 37.5 Å².